The summed E-state index contributed by atoms with van der Waals surface area (Å²) in [4.78, 5) is 23.9. The largest absolute Gasteiger partial charge is 0.368 e. The molecule has 1 fully saturated rings. The minimum absolute atomic E-state index is 0.0237. The number of primary amides is 1. The first-order valence-corrected chi connectivity index (χ1v) is 8.49. The summed E-state index contributed by atoms with van der Waals surface area (Å²) in [6.45, 7) is 0. The van der Waals surface area contributed by atoms with Crippen molar-refractivity contribution in [3.8, 4) is 0 Å². The number of carbonyl (C=O) groups is 2. The number of rotatable bonds is 5. The molecule has 4 nitrogen and oxygen atoms in total. The number of carbonyl (C=O) groups excluding carboxylic acids is 2. The molecule has 1 aliphatic carbocycles. The zero-order valence-electron chi connectivity index (χ0n) is 12.0. The topological polar surface area (TPSA) is 72.2 Å². The molecule has 0 unspecified atom stereocenters. The molecule has 2 amide bonds. The Morgan fingerprint density at radius 1 is 1.24 bits per heavy atom. The quantitative estimate of drug-likeness (QED) is 0.746. The van der Waals surface area contributed by atoms with Gasteiger partial charge in [-0.1, -0.05) is 37.5 Å². The third-order valence-electron chi connectivity index (χ3n) is 4.02. The average Bonchev–Trinajstić information content (AvgIpc) is 2.49. The minimum Gasteiger partial charge on any atom is -0.368 e. The van der Waals surface area contributed by atoms with Crippen LogP contribution in [0.3, 0.4) is 0 Å². The van der Waals surface area contributed by atoms with Crippen LogP contribution in [0.1, 0.15) is 37.7 Å². The Kier molecular flexibility index (Phi) is 6.02. The fourth-order valence-electron chi connectivity index (χ4n) is 2.76. The molecule has 1 atom stereocenters. The van der Waals surface area contributed by atoms with E-state index in [0.29, 0.717) is 6.42 Å². The highest BCUT2D eigenvalue weighted by Crippen LogP contribution is 2.24. The first-order chi connectivity index (χ1) is 10.1. The molecule has 1 aliphatic rings. The van der Waals surface area contributed by atoms with Crippen LogP contribution in [0.2, 0.25) is 0 Å². The number of nitrogens with two attached hydrogens (primary N) is 1. The maximum Gasteiger partial charge on any atom is 0.240 e. The Hall–Kier alpha value is -1.11. The van der Waals surface area contributed by atoms with Crippen LogP contribution in [0.5, 0.6) is 0 Å². The monoisotopic (exact) mass is 400 g/mol. The fourth-order valence-corrected chi connectivity index (χ4v) is 3.37. The number of halogens is 1. The second-order valence-corrected chi connectivity index (χ2v) is 6.76. The van der Waals surface area contributed by atoms with Crippen LogP contribution in [0.15, 0.2) is 24.3 Å². The van der Waals surface area contributed by atoms with E-state index in [2.05, 4.69) is 27.9 Å². The lowest BCUT2D eigenvalue weighted by Crippen LogP contribution is -2.48. The second kappa shape index (κ2) is 7.77. The van der Waals surface area contributed by atoms with Crippen LogP contribution >= 0.6 is 22.6 Å². The van der Waals surface area contributed by atoms with Crippen molar-refractivity contribution in [3.63, 3.8) is 0 Å². The van der Waals surface area contributed by atoms with Gasteiger partial charge in [-0.15, -0.1) is 0 Å². The molecule has 0 heterocycles. The van der Waals surface area contributed by atoms with Gasteiger partial charge in [-0.05, 0) is 47.1 Å². The number of nitrogens with one attached hydrogen (secondary N) is 1. The Labute approximate surface area is 139 Å². The SMILES string of the molecule is NC(=O)[C@@H](Cc1ccccc1I)NC(=O)C1CCCCC1. The van der Waals surface area contributed by atoms with Crippen LogP contribution < -0.4 is 11.1 Å². The van der Waals surface area contributed by atoms with Crippen LogP contribution in [-0.4, -0.2) is 17.9 Å². The number of hydrogen-bond acceptors (Lipinski definition) is 2. The highest BCUT2D eigenvalue weighted by molar-refractivity contribution is 14.1. The first-order valence-electron chi connectivity index (χ1n) is 7.41. The summed E-state index contributed by atoms with van der Waals surface area (Å²) in [6, 6.07) is 7.20. The van der Waals surface area contributed by atoms with Gasteiger partial charge in [-0.25, -0.2) is 0 Å². The predicted molar refractivity (Wildman–Crippen MR) is 90.6 cm³/mol. The molecule has 1 aromatic rings. The highest BCUT2D eigenvalue weighted by Gasteiger charge is 2.26. The number of benzene rings is 1. The van der Waals surface area contributed by atoms with Crippen molar-refractivity contribution in [1.29, 1.82) is 0 Å². The van der Waals surface area contributed by atoms with E-state index in [9.17, 15) is 9.59 Å². The van der Waals surface area contributed by atoms with Gasteiger partial charge >= 0.3 is 0 Å². The van der Waals surface area contributed by atoms with Gasteiger partial charge < -0.3 is 11.1 Å². The molecule has 5 heteroatoms. The molecule has 21 heavy (non-hydrogen) atoms. The summed E-state index contributed by atoms with van der Waals surface area (Å²) >= 11 is 2.23. The lowest BCUT2D eigenvalue weighted by atomic mass is 9.88. The minimum atomic E-state index is -0.629. The third-order valence-corrected chi connectivity index (χ3v) is 5.07. The van der Waals surface area contributed by atoms with Crippen LogP contribution in [0, 0.1) is 9.49 Å². The molecule has 0 aliphatic heterocycles. The van der Waals surface area contributed by atoms with E-state index in [1.807, 2.05) is 24.3 Å². The van der Waals surface area contributed by atoms with E-state index in [-0.39, 0.29) is 11.8 Å². The molecule has 114 valence electrons. The van der Waals surface area contributed by atoms with Crippen molar-refractivity contribution in [2.45, 2.75) is 44.6 Å². The molecule has 2 rings (SSSR count). The van der Waals surface area contributed by atoms with Gasteiger partial charge in [0.15, 0.2) is 0 Å². The molecule has 0 aromatic heterocycles. The molecule has 0 saturated heterocycles. The Balaban J connectivity index is 2.00. The zero-order chi connectivity index (χ0) is 15.2. The van der Waals surface area contributed by atoms with Gasteiger partial charge in [0.1, 0.15) is 6.04 Å². The Morgan fingerprint density at radius 3 is 2.52 bits per heavy atom. The fraction of sp³-hybridized carbons (Fsp3) is 0.500. The molecular weight excluding hydrogens is 379 g/mol. The molecule has 1 saturated carbocycles. The predicted octanol–water partition coefficient (Wildman–Crippen LogP) is 2.38. The molecule has 0 bridgehead atoms. The Bertz CT molecular complexity index is 513. The third kappa shape index (κ3) is 4.69. The van der Waals surface area contributed by atoms with Crippen molar-refractivity contribution >= 4 is 34.4 Å². The van der Waals surface area contributed by atoms with Crippen LogP contribution in [0.25, 0.3) is 0 Å². The molecule has 1 aromatic carbocycles. The van der Waals surface area contributed by atoms with E-state index in [1.165, 1.54) is 6.42 Å². The van der Waals surface area contributed by atoms with Crippen molar-refractivity contribution < 1.29 is 9.59 Å². The van der Waals surface area contributed by atoms with Gasteiger partial charge in [0, 0.05) is 15.9 Å². The van der Waals surface area contributed by atoms with Crippen molar-refractivity contribution in [2.24, 2.45) is 11.7 Å². The van der Waals surface area contributed by atoms with Gasteiger partial charge in [0.25, 0.3) is 0 Å². The van der Waals surface area contributed by atoms with Gasteiger partial charge in [-0.3, -0.25) is 9.59 Å². The highest BCUT2D eigenvalue weighted by atomic mass is 127. The molecule has 0 spiro atoms. The summed E-state index contributed by atoms with van der Waals surface area (Å²) in [7, 11) is 0. The Morgan fingerprint density at radius 2 is 1.90 bits per heavy atom. The van der Waals surface area contributed by atoms with Crippen molar-refractivity contribution in [3.05, 3.63) is 33.4 Å². The standard InChI is InChI=1S/C16H21IN2O2/c17-13-9-5-4-8-12(13)10-14(15(18)20)19-16(21)11-6-2-1-3-7-11/h4-5,8-9,11,14H,1-3,6-7,10H2,(H2,18,20)(H,19,21)/t14-/m1/s1. The molecular formula is C16H21IN2O2. The number of hydrogen-bond donors (Lipinski definition) is 2. The van der Waals surface area contributed by atoms with Crippen LogP contribution in [-0.2, 0) is 16.0 Å². The molecule has 0 radical (unpaired) electrons. The first kappa shape index (κ1) is 16.3. The van der Waals surface area contributed by atoms with Gasteiger partial charge in [0.05, 0.1) is 0 Å². The van der Waals surface area contributed by atoms with E-state index in [4.69, 9.17) is 5.73 Å². The average molecular weight is 400 g/mol. The van der Waals surface area contributed by atoms with Crippen molar-refractivity contribution in [2.75, 3.05) is 0 Å². The summed E-state index contributed by atoms with van der Waals surface area (Å²) in [5, 5.41) is 2.85. The lowest BCUT2D eigenvalue weighted by Gasteiger charge is -2.24. The van der Waals surface area contributed by atoms with Crippen molar-refractivity contribution in [1.82, 2.24) is 5.32 Å². The van der Waals surface area contributed by atoms with Crippen LogP contribution in [0.4, 0.5) is 0 Å². The zero-order valence-corrected chi connectivity index (χ0v) is 14.1. The smallest absolute Gasteiger partial charge is 0.240 e. The van der Waals surface area contributed by atoms with E-state index >= 15 is 0 Å². The van der Waals surface area contributed by atoms with E-state index < -0.39 is 11.9 Å². The second-order valence-electron chi connectivity index (χ2n) is 5.59. The normalized spacial score (nSPS) is 17.2. The maximum absolute atomic E-state index is 12.3. The lowest BCUT2D eigenvalue weighted by molar-refractivity contribution is -0.130. The summed E-state index contributed by atoms with van der Waals surface area (Å²) in [6.07, 6.45) is 5.67. The van der Waals surface area contributed by atoms with E-state index in [0.717, 1.165) is 34.8 Å². The molecule has 3 N–H and O–H groups in total. The summed E-state index contributed by atoms with van der Waals surface area (Å²) < 4.78 is 1.08. The van der Waals surface area contributed by atoms with Gasteiger partial charge in [0.2, 0.25) is 11.8 Å². The maximum atomic E-state index is 12.3. The summed E-state index contributed by atoms with van der Waals surface area (Å²) in [5.41, 5.74) is 6.49. The summed E-state index contributed by atoms with van der Waals surface area (Å²) in [5.74, 6) is -0.460. The van der Waals surface area contributed by atoms with E-state index in [1.54, 1.807) is 0 Å². The number of amides is 2. The van der Waals surface area contributed by atoms with Gasteiger partial charge in [-0.2, -0.15) is 0 Å².